The molecule has 0 radical (unpaired) electrons. The Labute approximate surface area is 127 Å². The zero-order chi connectivity index (χ0) is 14.3. The van der Waals surface area contributed by atoms with Crippen molar-refractivity contribution >= 4 is 44.6 Å². The number of benzene rings is 1. The molecule has 0 bridgehead atoms. The zero-order valence-electron chi connectivity index (χ0n) is 11.3. The molecule has 1 fully saturated rings. The zero-order valence-corrected chi connectivity index (χ0v) is 12.9. The van der Waals surface area contributed by atoms with Gasteiger partial charge in [-0.3, -0.25) is 4.79 Å². The molecule has 0 aliphatic heterocycles. The fraction of sp³-hybridized carbons (Fsp3) is 0.400. The van der Waals surface area contributed by atoms with Crippen LogP contribution in [0.25, 0.3) is 10.1 Å². The first-order valence-electron chi connectivity index (χ1n) is 6.88. The van der Waals surface area contributed by atoms with E-state index in [-0.39, 0.29) is 5.91 Å². The van der Waals surface area contributed by atoms with Gasteiger partial charge in [-0.15, -0.1) is 11.3 Å². The Morgan fingerprint density at radius 1 is 1.55 bits per heavy atom. The van der Waals surface area contributed by atoms with Crippen LogP contribution in [-0.2, 0) is 0 Å². The second kappa shape index (κ2) is 5.26. The number of anilines is 1. The van der Waals surface area contributed by atoms with Crippen molar-refractivity contribution in [1.29, 1.82) is 0 Å². The van der Waals surface area contributed by atoms with Crippen molar-refractivity contribution in [2.45, 2.75) is 32.2 Å². The third-order valence-corrected chi connectivity index (χ3v) is 5.21. The number of amides is 1. The van der Waals surface area contributed by atoms with Gasteiger partial charge in [-0.05, 0) is 37.0 Å². The minimum atomic E-state index is -0.0524. The van der Waals surface area contributed by atoms with Gasteiger partial charge in [0.2, 0.25) is 0 Å². The Bertz CT molecular complexity index is 667. The summed E-state index contributed by atoms with van der Waals surface area (Å²) in [5, 5.41) is 4.59. The smallest absolute Gasteiger partial charge is 0.263 e. The van der Waals surface area contributed by atoms with Gasteiger partial charge in [0.15, 0.2) is 0 Å². The van der Waals surface area contributed by atoms with Crippen molar-refractivity contribution in [3.05, 3.63) is 28.1 Å². The summed E-state index contributed by atoms with van der Waals surface area (Å²) < 4.78 is 0.998. The molecule has 3 N–H and O–H groups in total. The van der Waals surface area contributed by atoms with Crippen LogP contribution in [0.5, 0.6) is 0 Å². The second-order valence-electron chi connectivity index (χ2n) is 5.35. The van der Waals surface area contributed by atoms with Gasteiger partial charge in [0.1, 0.15) is 4.88 Å². The van der Waals surface area contributed by atoms with Crippen LogP contribution < -0.4 is 11.1 Å². The van der Waals surface area contributed by atoms with Crippen LogP contribution in [-0.4, -0.2) is 11.9 Å². The number of halogens is 1. The van der Waals surface area contributed by atoms with Crippen molar-refractivity contribution in [3.63, 3.8) is 0 Å². The molecule has 106 valence electrons. The van der Waals surface area contributed by atoms with Crippen LogP contribution in [0, 0.1) is 5.92 Å². The molecule has 2 unspecified atom stereocenters. The van der Waals surface area contributed by atoms with Gasteiger partial charge in [-0.1, -0.05) is 24.9 Å². The molecule has 1 aliphatic rings. The summed E-state index contributed by atoms with van der Waals surface area (Å²) in [5.74, 6) is 0.595. The molecule has 1 aromatic carbocycles. The number of nitrogen functional groups attached to an aromatic ring is 1. The van der Waals surface area contributed by atoms with Gasteiger partial charge in [-0.25, -0.2) is 0 Å². The number of rotatable bonds is 4. The van der Waals surface area contributed by atoms with E-state index in [0.717, 1.165) is 16.5 Å². The van der Waals surface area contributed by atoms with Gasteiger partial charge >= 0.3 is 0 Å². The summed E-state index contributed by atoms with van der Waals surface area (Å²) in [7, 11) is 0. The van der Waals surface area contributed by atoms with Gasteiger partial charge in [0.25, 0.3) is 5.91 Å². The quantitative estimate of drug-likeness (QED) is 0.895. The standard InChI is InChI=1S/C15H17ClN2OS/c1-2-3-8-6-11(8)18-15(19)14-13(17)10-7-9(16)4-5-12(10)20-14/h4-5,7-8,11H,2-3,6,17H2,1H3,(H,18,19). The number of thiophene rings is 1. The lowest BCUT2D eigenvalue weighted by molar-refractivity contribution is 0.0954. The summed E-state index contributed by atoms with van der Waals surface area (Å²) in [6, 6.07) is 5.87. The fourth-order valence-corrected chi connectivity index (χ4v) is 3.78. The molecule has 1 aromatic heterocycles. The molecular weight excluding hydrogens is 292 g/mol. The van der Waals surface area contributed by atoms with E-state index >= 15 is 0 Å². The maximum absolute atomic E-state index is 12.3. The fourth-order valence-electron chi connectivity index (χ4n) is 2.61. The molecule has 2 atom stereocenters. The monoisotopic (exact) mass is 308 g/mol. The Hall–Kier alpha value is -1.26. The molecule has 0 saturated heterocycles. The normalized spacial score (nSPS) is 21.1. The molecule has 3 nitrogen and oxygen atoms in total. The summed E-state index contributed by atoms with van der Waals surface area (Å²) in [6.45, 7) is 2.17. The highest BCUT2D eigenvalue weighted by atomic mass is 35.5. The topological polar surface area (TPSA) is 55.1 Å². The van der Waals surface area contributed by atoms with Crippen LogP contribution >= 0.6 is 22.9 Å². The van der Waals surface area contributed by atoms with Crippen LogP contribution in [0.1, 0.15) is 35.9 Å². The highest BCUT2D eigenvalue weighted by Crippen LogP contribution is 2.38. The summed E-state index contributed by atoms with van der Waals surface area (Å²) in [5.41, 5.74) is 6.63. The van der Waals surface area contributed by atoms with E-state index in [2.05, 4.69) is 12.2 Å². The highest BCUT2D eigenvalue weighted by molar-refractivity contribution is 7.21. The van der Waals surface area contributed by atoms with Crippen LogP contribution in [0.3, 0.4) is 0 Å². The van der Waals surface area contributed by atoms with E-state index < -0.39 is 0 Å². The van der Waals surface area contributed by atoms with E-state index in [4.69, 9.17) is 17.3 Å². The average Bonchev–Trinajstić information content (AvgIpc) is 3.05. The highest BCUT2D eigenvalue weighted by Gasteiger charge is 2.37. The van der Waals surface area contributed by atoms with Gasteiger partial charge in [0, 0.05) is 21.2 Å². The molecule has 3 rings (SSSR count). The Morgan fingerprint density at radius 3 is 3.10 bits per heavy atom. The third-order valence-electron chi connectivity index (χ3n) is 3.79. The lowest BCUT2D eigenvalue weighted by atomic mass is 10.2. The number of hydrogen-bond donors (Lipinski definition) is 2. The third kappa shape index (κ3) is 2.50. The number of nitrogens with one attached hydrogen (secondary N) is 1. The minimum absolute atomic E-state index is 0.0524. The Balaban J connectivity index is 1.80. The molecule has 1 heterocycles. The molecule has 5 heteroatoms. The van der Waals surface area contributed by atoms with Gasteiger partial charge < -0.3 is 11.1 Å². The van der Waals surface area contributed by atoms with Crippen molar-refractivity contribution in [3.8, 4) is 0 Å². The molecule has 2 aromatic rings. The summed E-state index contributed by atoms with van der Waals surface area (Å²) in [6.07, 6.45) is 3.44. The predicted molar refractivity (Wildman–Crippen MR) is 85.5 cm³/mol. The first kappa shape index (κ1) is 13.7. The number of hydrogen-bond acceptors (Lipinski definition) is 3. The maximum Gasteiger partial charge on any atom is 0.263 e. The molecule has 1 amide bonds. The van der Waals surface area contributed by atoms with Crippen molar-refractivity contribution < 1.29 is 4.79 Å². The molecule has 20 heavy (non-hydrogen) atoms. The van der Waals surface area contributed by atoms with Crippen molar-refractivity contribution in [2.24, 2.45) is 5.92 Å². The SMILES string of the molecule is CCCC1CC1NC(=O)c1sc2ccc(Cl)cc2c1N. The second-order valence-corrected chi connectivity index (χ2v) is 6.84. The molecule has 1 aliphatic carbocycles. The molecule has 0 spiro atoms. The maximum atomic E-state index is 12.3. The first-order valence-corrected chi connectivity index (χ1v) is 8.08. The summed E-state index contributed by atoms with van der Waals surface area (Å²) >= 11 is 7.41. The van der Waals surface area contributed by atoms with Crippen LogP contribution in [0.15, 0.2) is 18.2 Å². The Kier molecular flexibility index (Phi) is 3.61. The van der Waals surface area contributed by atoms with Crippen LogP contribution in [0.4, 0.5) is 5.69 Å². The number of fused-ring (bicyclic) bond motifs is 1. The number of carbonyl (C=O) groups is 1. The predicted octanol–water partition coefficient (Wildman–Crippen LogP) is 4.06. The lowest BCUT2D eigenvalue weighted by Gasteiger charge is -2.03. The van der Waals surface area contributed by atoms with E-state index in [0.29, 0.717) is 27.5 Å². The Morgan fingerprint density at radius 2 is 2.35 bits per heavy atom. The van der Waals surface area contributed by atoms with E-state index in [1.54, 1.807) is 0 Å². The van der Waals surface area contributed by atoms with E-state index in [1.807, 2.05) is 18.2 Å². The first-order chi connectivity index (χ1) is 9.60. The molecular formula is C15H17ClN2OS. The average molecular weight is 309 g/mol. The molecule has 1 saturated carbocycles. The largest absolute Gasteiger partial charge is 0.397 e. The van der Waals surface area contributed by atoms with E-state index in [9.17, 15) is 4.79 Å². The summed E-state index contributed by atoms with van der Waals surface area (Å²) in [4.78, 5) is 12.9. The minimum Gasteiger partial charge on any atom is -0.397 e. The lowest BCUT2D eigenvalue weighted by Crippen LogP contribution is -2.26. The van der Waals surface area contributed by atoms with Crippen molar-refractivity contribution in [2.75, 3.05) is 5.73 Å². The number of nitrogens with two attached hydrogens (primary N) is 1. The van der Waals surface area contributed by atoms with Gasteiger partial charge in [-0.2, -0.15) is 0 Å². The number of carbonyl (C=O) groups excluding carboxylic acids is 1. The van der Waals surface area contributed by atoms with Gasteiger partial charge in [0.05, 0.1) is 5.69 Å². The van der Waals surface area contributed by atoms with Crippen LogP contribution in [0.2, 0.25) is 5.02 Å². The van der Waals surface area contributed by atoms with E-state index in [1.165, 1.54) is 24.2 Å². The van der Waals surface area contributed by atoms with Crippen molar-refractivity contribution in [1.82, 2.24) is 5.32 Å².